The van der Waals surface area contributed by atoms with Crippen LogP contribution in [0.3, 0.4) is 0 Å². The molecule has 0 aliphatic carbocycles. The Balaban J connectivity index is 1.39. The van der Waals surface area contributed by atoms with Crippen molar-refractivity contribution < 1.29 is 9.59 Å². The molecule has 1 aromatic carbocycles. The minimum atomic E-state index is -0.206. The van der Waals surface area contributed by atoms with Gasteiger partial charge in [0.2, 0.25) is 5.91 Å². The summed E-state index contributed by atoms with van der Waals surface area (Å²) in [7, 11) is 0. The fraction of sp³-hybridized carbons (Fsp3) is 0.222. The Morgan fingerprint density at radius 2 is 2.29 bits per heavy atom. The van der Waals surface area contributed by atoms with E-state index in [2.05, 4.69) is 20.7 Å². The van der Waals surface area contributed by atoms with E-state index in [1.807, 2.05) is 6.07 Å². The molecule has 0 spiro atoms. The smallest absolute Gasteiger partial charge is 0.323 e. The second kappa shape index (κ2) is 7.99. The first-order valence-corrected chi connectivity index (χ1v) is 9.95. The molecule has 1 aliphatic heterocycles. The van der Waals surface area contributed by atoms with Crippen molar-refractivity contribution in [3.8, 4) is 5.69 Å². The van der Waals surface area contributed by atoms with Crippen LogP contribution >= 0.6 is 22.9 Å². The largest absolute Gasteiger partial charge is 0.338 e. The van der Waals surface area contributed by atoms with Crippen LogP contribution in [0.5, 0.6) is 0 Å². The van der Waals surface area contributed by atoms with Gasteiger partial charge < -0.3 is 10.6 Å². The molecule has 144 valence electrons. The van der Waals surface area contributed by atoms with Crippen LogP contribution in [0.15, 0.2) is 42.0 Å². The Morgan fingerprint density at radius 1 is 1.39 bits per heavy atom. The Hall–Kier alpha value is -2.91. The second-order valence-electron chi connectivity index (χ2n) is 6.20. The summed E-state index contributed by atoms with van der Waals surface area (Å²) >= 11 is 7.66. The first kappa shape index (κ1) is 18.5. The van der Waals surface area contributed by atoms with Gasteiger partial charge in [-0.2, -0.15) is 5.10 Å². The fourth-order valence-electron chi connectivity index (χ4n) is 2.86. The van der Waals surface area contributed by atoms with Crippen molar-refractivity contribution in [2.24, 2.45) is 0 Å². The van der Waals surface area contributed by atoms with Gasteiger partial charge in [-0.05, 0) is 30.7 Å². The second-order valence-corrected chi connectivity index (χ2v) is 7.44. The molecule has 3 heterocycles. The molecule has 2 N–H and O–H groups in total. The topological polar surface area (TPSA) is 92.1 Å². The minimum absolute atomic E-state index is 0.116. The van der Waals surface area contributed by atoms with E-state index >= 15 is 0 Å². The summed E-state index contributed by atoms with van der Waals surface area (Å²) in [6, 6.07) is 6.90. The van der Waals surface area contributed by atoms with Crippen LogP contribution < -0.4 is 15.5 Å². The summed E-state index contributed by atoms with van der Waals surface area (Å²) in [4.78, 5) is 30.3. The van der Waals surface area contributed by atoms with Crippen molar-refractivity contribution in [3.05, 3.63) is 52.8 Å². The number of benzene rings is 1. The predicted molar refractivity (Wildman–Crippen MR) is 108 cm³/mol. The Morgan fingerprint density at radius 3 is 3.04 bits per heavy atom. The van der Waals surface area contributed by atoms with Gasteiger partial charge in [-0.25, -0.2) is 14.5 Å². The van der Waals surface area contributed by atoms with Gasteiger partial charge in [0.25, 0.3) is 0 Å². The monoisotopic (exact) mass is 416 g/mol. The highest BCUT2D eigenvalue weighted by Gasteiger charge is 2.22. The number of halogens is 1. The van der Waals surface area contributed by atoms with Crippen LogP contribution in [0.2, 0.25) is 5.02 Å². The SMILES string of the molecule is O=C(Cc1csc(N2CCCNC2=O)n1)Nc1ccc(-n2cccn2)c(Cl)c1. The summed E-state index contributed by atoms with van der Waals surface area (Å²) in [6.45, 7) is 1.31. The standard InChI is InChI=1S/C18H17ClN6O2S/c19-14-9-12(3-4-15(14)25-8-2-6-21-25)22-16(26)10-13-11-28-18(23-13)24-7-1-5-20-17(24)27/h2-4,6,8-9,11H,1,5,7,10H2,(H,20,27)(H,22,26). The molecule has 3 amide bonds. The number of urea groups is 1. The lowest BCUT2D eigenvalue weighted by Gasteiger charge is -2.24. The van der Waals surface area contributed by atoms with Gasteiger partial charge in [0.05, 0.1) is 22.8 Å². The van der Waals surface area contributed by atoms with Crippen molar-refractivity contribution in [3.63, 3.8) is 0 Å². The predicted octanol–water partition coefficient (Wildman–Crippen LogP) is 3.08. The molecular weight excluding hydrogens is 400 g/mol. The van der Waals surface area contributed by atoms with Crippen molar-refractivity contribution in [2.75, 3.05) is 23.3 Å². The summed E-state index contributed by atoms with van der Waals surface area (Å²) in [5.74, 6) is -0.206. The van der Waals surface area contributed by atoms with Crippen molar-refractivity contribution in [1.29, 1.82) is 0 Å². The van der Waals surface area contributed by atoms with E-state index in [9.17, 15) is 9.59 Å². The molecule has 1 saturated heterocycles. The molecule has 0 saturated carbocycles. The Bertz CT molecular complexity index is 1000. The molecule has 10 heteroatoms. The zero-order valence-corrected chi connectivity index (χ0v) is 16.3. The van der Waals surface area contributed by atoms with E-state index in [0.717, 1.165) is 12.1 Å². The number of carbonyl (C=O) groups excluding carboxylic acids is 2. The summed E-state index contributed by atoms with van der Waals surface area (Å²) in [5.41, 5.74) is 1.94. The van der Waals surface area contributed by atoms with Gasteiger partial charge in [-0.3, -0.25) is 9.69 Å². The third-order valence-electron chi connectivity index (χ3n) is 4.17. The number of nitrogens with zero attached hydrogens (tertiary/aromatic N) is 4. The molecule has 28 heavy (non-hydrogen) atoms. The van der Waals surface area contributed by atoms with E-state index in [1.165, 1.54) is 11.3 Å². The summed E-state index contributed by atoms with van der Waals surface area (Å²) < 4.78 is 1.65. The average molecular weight is 417 g/mol. The van der Waals surface area contributed by atoms with Gasteiger partial charge in [0.1, 0.15) is 0 Å². The molecule has 4 rings (SSSR count). The van der Waals surface area contributed by atoms with Crippen LogP contribution in [0.25, 0.3) is 5.69 Å². The van der Waals surface area contributed by atoms with Gasteiger partial charge >= 0.3 is 6.03 Å². The third kappa shape index (κ3) is 4.00. The van der Waals surface area contributed by atoms with Gasteiger partial charge in [-0.1, -0.05) is 11.6 Å². The zero-order valence-electron chi connectivity index (χ0n) is 14.8. The number of hydrogen-bond donors (Lipinski definition) is 2. The number of hydrogen-bond acceptors (Lipinski definition) is 5. The Kier molecular flexibility index (Phi) is 5.27. The van der Waals surface area contributed by atoms with Crippen LogP contribution in [0, 0.1) is 0 Å². The molecule has 1 fully saturated rings. The quantitative estimate of drug-likeness (QED) is 0.668. The van der Waals surface area contributed by atoms with Crippen LogP contribution in [0.1, 0.15) is 12.1 Å². The maximum absolute atomic E-state index is 12.4. The molecule has 8 nitrogen and oxygen atoms in total. The van der Waals surface area contributed by atoms with Crippen LogP contribution in [-0.4, -0.2) is 39.8 Å². The lowest BCUT2D eigenvalue weighted by atomic mass is 10.2. The number of anilines is 2. The van der Waals surface area contributed by atoms with Crippen molar-refractivity contribution in [2.45, 2.75) is 12.8 Å². The van der Waals surface area contributed by atoms with E-state index in [0.29, 0.717) is 34.6 Å². The molecule has 0 unspecified atom stereocenters. The Labute approximate surface area is 170 Å². The minimum Gasteiger partial charge on any atom is -0.338 e. The van der Waals surface area contributed by atoms with E-state index < -0.39 is 0 Å². The van der Waals surface area contributed by atoms with Gasteiger partial charge in [0, 0.05) is 36.6 Å². The lowest BCUT2D eigenvalue weighted by molar-refractivity contribution is -0.115. The van der Waals surface area contributed by atoms with Crippen LogP contribution in [-0.2, 0) is 11.2 Å². The highest BCUT2D eigenvalue weighted by atomic mass is 35.5. The first-order chi connectivity index (χ1) is 13.6. The zero-order chi connectivity index (χ0) is 19.5. The highest BCUT2D eigenvalue weighted by Crippen LogP contribution is 2.25. The van der Waals surface area contributed by atoms with E-state index in [1.54, 1.807) is 45.6 Å². The first-order valence-electron chi connectivity index (χ1n) is 8.69. The normalized spacial score (nSPS) is 14.0. The molecule has 0 radical (unpaired) electrons. The molecule has 0 atom stereocenters. The number of rotatable bonds is 5. The van der Waals surface area contributed by atoms with E-state index in [-0.39, 0.29) is 18.4 Å². The number of thiazole rings is 1. The molecule has 1 aliphatic rings. The van der Waals surface area contributed by atoms with Crippen molar-refractivity contribution in [1.82, 2.24) is 20.1 Å². The third-order valence-corrected chi connectivity index (χ3v) is 5.39. The molecule has 3 aromatic rings. The number of aromatic nitrogens is 3. The molecule has 2 aromatic heterocycles. The highest BCUT2D eigenvalue weighted by molar-refractivity contribution is 7.14. The van der Waals surface area contributed by atoms with Gasteiger partial charge in [-0.15, -0.1) is 11.3 Å². The maximum Gasteiger partial charge on any atom is 0.323 e. The fourth-order valence-corrected chi connectivity index (χ4v) is 3.98. The number of nitrogens with one attached hydrogen (secondary N) is 2. The molecular formula is C18H17ClN6O2S. The van der Waals surface area contributed by atoms with E-state index in [4.69, 9.17) is 11.6 Å². The number of carbonyl (C=O) groups is 2. The molecule has 0 bridgehead atoms. The lowest BCUT2D eigenvalue weighted by Crippen LogP contribution is -2.46. The summed E-state index contributed by atoms with van der Waals surface area (Å²) in [6.07, 6.45) is 4.45. The number of amides is 3. The average Bonchev–Trinajstić information content (AvgIpc) is 3.34. The summed E-state index contributed by atoms with van der Waals surface area (Å²) in [5, 5.41) is 12.6. The maximum atomic E-state index is 12.4. The van der Waals surface area contributed by atoms with Crippen LogP contribution in [0.4, 0.5) is 15.6 Å². The van der Waals surface area contributed by atoms with Gasteiger partial charge in [0.15, 0.2) is 5.13 Å². The van der Waals surface area contributed by atoms with Crippen molar-refractivity contribution >= 4 is 45.7 Å².